The SMILES string of the molecule is O=S(=O)(O)c1ccc(Oc2ccccc2N=Nc2cc3ccccc3[nH]2)cc1. The molecule has 0 amide bonds. The second-order valence-electron chi connectivity index (χ2n) is 5.96. The van der Waals surface area contributed by atoms with Gasteiger partial charge < -0.3 is 9.72 Å². The zero-order valence-electron chi connectivity index (χ0n) is 14.5. The maximum Gasteiger partial charge on any atom is 0.294 e. The van der Waals surface area contributed by atoms with E-state index in [0.717, 1.165) is 10.9 Å². The number of ether oxygens (including phenoxy) is 1. The lowest BCUT2D eigenvalue weighted by atomic mass is 10.2. The highest BCUT2D eigenvalue weighted by Crippen LogP contribution is 2.33. The van der Waals surface area contributed by atoms with Crippen LogP contribution in [0.5, 0.6) is 11.5 Å². The first kappa shape index (κ1) is 17.9. The van der Waals surface area contributed by atoms with E-state index in [2.05, 4.69) is 15.2 Å². The predicted molar refractivity (Wildman–Crippen MR) is 105 cm³/mol. The van der Waals surface area contributed by atoms with Gasteiger partial charge in [0.1, 0.15) is 11.4 Å². The topological polar surface area (TPSA) is 104 Å². The fourth-order valence-corrected chi connectivity index (χ4v) is 3.13. The first-order valence-corrected chi connectivity index (χ1v) is 9.77. The maximum absolute atomic E-state index is 11.1. The molecule has 140 valence electrons. The molecule has 4 aromatic rings. The standard InChI is InChI=1S/C20H15N3O4S/c24-28(25,26)16-11-9-15(10-12-16)27-19-8-4-3-7-18(19)22-23-20-13-14-5-1-2-6-17(14)21-20/h1-13,21H,(H,24,25,26). The van der Waals surface area contributed by atoms with E-state index in [-0.39, 0.29) is 4.90 Å². The monoisotopic (exact) mass is 393 g/mol. The third-order valence-corrected chi connectivity index (χ3v) is 4.86. The number of hydrogen-bond donors (Lipinski definition) is 2. The Bertz CT molecular complexity index is 1230. The molecular weight excluding hydrogens is 378 g/mol. The molecule has 0 aliphatic heterocycles. The summed E-state index contributed by atoms with van der Waals surface area (Å²) in [5.74, 6) is 1.48. The van der Waals surface area contributed by atoms with Crippen LogP contribution in [0.15, 0.2) is 94.0 Å². The lowest BCUT2D eigenvalue weighted by Gasteiger charge is -2.08. The molecular formula is C20H15N3O4S. The summed E-state index contributed by atoms with van der Waals surface area (Å²) in [4.78, 5) is 2.97. The molecule has 0 fully saturated rings. The van der Waals surface area contributed by atoms with Crippen LogP contribution in [0.4, 0.5) is 11.5 Å². The van der Waals surface area contributed by atoms with Crippen molar-refractivity contribution in [3.63, 3.8) is 0 Å². The highest BCUT2D eigenvalue weighted by atomic mass is 32.2. The summed E-state index contributed by atoms with van der Waals surface area (Å²) >= 11 is 0. The number of aromatic nitrogens is 1. The summed E-state index contributed by atoms with van der Waals surface area (Å²) < 4.78 is 37.1. The number of para-hydroxylation sites is 2. The van der Waals surface area contributed by atoms with Crippen molar-refractivity contribution in [2.75, 3.05) is 0 Å². The predicted octanol–water partition coefficient (Wildman–Crippen LogP) is 5.62. The zero-order chi connectivity index (χ0) is 19.6. The van der Waals surface area contributed by atoms with Gasteiger partial charge in [0.25, 0.3) is 10.1 Å². The molecule has 0 aliphatic carbocycles. The molecule has 7 nitrogen and oxygen atoms in total. The van der Waals surface area contributed by atoms with E-state index in [0.29, 0.717) is 23.0 Å². The van der Waals surface area contributed by atoms with Crippen LogP contribution in [0.2, 0.25) is 0 Å². The minimum absolute atomic E-state index is 0.202. The van der Waals surface area contributed by atoms with Gasteiger partial charge in [0.2, 0.25) is 0 Å². The Morgan fingerprint density at radius 2 is 1.57 bits per heavy atom. The average molecular weight is 393 g/mol. The minimum atomic E-state index is -4.24. The molecule has 4 rings (SSSR count). The summed E-state index contributed by atoms with van der Waals surface area (Å²) in [5.41, 5.74) is 1.49. The van der Waals surface area contributed by atoms with Crippen LogP contribution in [-0.4, -0.2) is 18.0 Å². The molecule has 0 spiro atoms. The van der Waals surface area contributed by atoms with Crippen molar-refractivity contribution in [1.29, 1.82) is 0 Å². The van der Waals surface area contributed by atoms with Gasteiger partial charge in [0.05, 0.1) is 4.90 Å². The van der Waals surface area contributed by atoms with E-state index in [9.17, 15) is 8.42 Å². The summed E-state index contributed by atoms with van der Waals surface area (Å²) in [6.45, 7) is 0. The summed E-state index contributed by atoms with van der Waals surface area (Å²) in [7, 11) is -4.24. The van der Waals surface area contributed by atoms with Crippen molar-refractivity contribution < 1.29 is 17.7 Å². The van der Waals surface area contributed by atoms with Gasteiger partial charge >= 0.3 is 0 Å². The third kappa shape index (κ3) is 3.93. The van der Waals surface area contributed by atoms with Gasteiger partial charge in [-0.25, -0.2) is 0 Å². The Morgan fingerprint density at radius 3 is 2.32 bits per heavy atom. The van der Waals surface area contributed by atoms with Crippen LogP contribution in [0.1, 0.15) is 0 Å². The van der Waals surface area contributed by atoms with Gasteiger partial charge in [-0.15, -0.1) is 10.2 Å². The molecule has 0 unspecified atom stereocenters. The molecule has 28 heavy (non-hydrogen) atoms. The summed E-state index contributed by atoms with van der Waals surface area (Å²) in [6, 6.07) is 22.3. The van der Waals surface area contributed by atoms with Crippen molar-refractivity contribution in [2.24, 2.45) is 10.2 Å². The van der Waals surface area contributed by atoms with E-state index in [1.165, 1.54) is 24.3 Å². The first-order chi connectivity index (χ1) is 13.5. The Hall–Kier alpha value is -3.49. The molecule has 0 atom stereocenters. The van der Waals surface area contributed by atoms with Crippen LogP contribution in [0.3, 0.4) is 0 Å². The van der Waals surface area contributed by atoms with Gasteiger partial charge in [-0.2, -0.15) is 8.42 Å². The van der Waals surface area contributed by atoms with Gasteiger partial charge in [-0.3, -0.25) is 4.55 Å². The lowest BCUT2D eigenvalue weighted by Crippen LogP contribution is -1.97. The quantitative estimate of drug-likeness (QED) is 0.339. The van der Waals surface area contributed by atoms with Crippen LogP contribution in [0.25, 0.3) is 10.9 Å². The zero-order valence-corrected chi connectivity index (χ0v) is 15.3. The van der Waals surface area contributed by atoms with Crippen LogP contribution in [-0.2, 0) is 10.1 Å². The normalized spacial score (nSPS) is 11.9. The average Bonchev–Trinajstić information content (AvgIpc) is 3.10. The van der Waals surface area contributed by atoms with E-state index in [1.54, 1.807) is 18.2 Å². The van der Waals surface area contributed by atoms with Crippen LogP contribution >= 0.6 is 0 Å². The highest BCUT2D eigenvalue weighted by Gasteiger charge is 2.10. The number of hydrogen-bond acceptors (Lipinski definition) is 5. The highest BCUT2D eigenvalue weighted by molar-refractivity contribution is 7.85. The molecule has 0 bridgehead atoms. The second kappa shape index (κ2) is 7.26. The van der Waals surface area contributed by atoms with E-state index >= 15 is 0 Å². The van der Waals surface area contributed by atoms with E-state index < -0.39 is 10.1 Å². The van der Waals surface area contributed by atoms with Crippen molar-refractivity contribution in [3.8, 4) is 11.5 Å². The molecule has 8 heteroatoms. The van der Waals surface area contributed by atoms with Crippen molar-refractivity contribution in [1.82, 2.24) is 4.98 Å². The number of rotatable bonds is 5. The second-order valence-corrected chi connectivity index (χ2v) is 7.38. The fourth-order valence-electron chi connectivity index (χ4n) is 2.65. The van der Waals surface area contributed by atoms with E-state index in [4.69, 9.17) is 9.29 Å². The van der Waals surface area contributed by atoms with Crippen LogP contribution < -0.4 is 4.74 Å². The van der Waals surface area contributed by atoms with E-state index in [1.807, 2.05) is 36.4 Å². The summed E-state index contributed by atoms with van der Waals surface area (Å²) in [5, 5.41) is 9.54. The first-order valence-electron chi connectivity index (χ1n) is 8.33. The van der Waals surface area contributed by atoms with Gasteiger partial charge in [0.15, 0.2) is 11.6 Å². The minimum Gasteiger partial charge on any atom is -0.455 e. The number of H-pyrrole nitrogens is 1. The molecule has 3 aromatic carbocycles. The number of nitrogens with one attached hydrogen (secondary N) is 1. The van der Waals surface area contributed by atoms with Gasteiger partial charge in [-0.05, 0) is 48.5 Å². The molecule has 0 radical (unpaired) electrons. The molecule has 0 saturated carbocycles. The number of aromatic amines is 1. The number of fused-ring (bicyclic) bond motifs is 1. The molecule has 0 aliphatic rings. The molecule has 0 saturated heterocycles. The maximum atomic E-state index is 11.1. The number of benzene rings is 3. The van der Waals surface area contributed by atoms with Crippen molar-refractivity contribution in [3.05, 3.63) is 78.9 Å². The Kier molecular flexibility index (Phi) is 4.64. The van der Waals surface area contributed by atoms with Gasteiger partial charge in [-0.1, -0.05) is 30.3 Å². The third-order valence-electron chi connectivity index (χ3n) is 4.00. The fraction of sp³-hybridized carbons (Fsp3) is 0. The number of nitrogens with zero attached hydrogens (tertiary/aromatic N) is 2. The Balaban J connectivity index is 1.58. The Morgan fingerprint density at radius 1 is 0.857 bits per heavy atom. The smallest absolute Gasteiger partial charge is 0.294 e. The molecule has 2 N–H and O–H groups in total. The van der Waals surface area contributed by atoms with Gasteiger partial charge in [0, 0.05) is 10.9 Å². The van der Waals surface area contributed by atoms with Crippen molar-refractivity contribution >= 4 is 32.5 Å². The lowest BCUT2D eigenvalue weighted by molar-refractivity contribution is 0.478. The molecule has 1 heterocycles. The Labute approximate surface area is 161 Å². The number of azo groups is 1. The van der Waals surface area contributed by atoms with Crippen LogP contribution in [0, 0.1) is 0 Å². The largest absolute Gasteiger partial charge is 0.455 e. The molecule has 1 aromatic heterocycles. The summed E-state index contributed by atoms with van der Waals surface area (Å²) in [6.07, 6.45) is 0. The van der Waals surface area contributed by atoms with Crippen molar-refractivity contribution in [2.45, 2.75) is 4.90 Å².